The highest BCUT2D eigenvalue weighted by Gasteiger charge is 2.18. The van der Waals surface area contributed by atoms with E-state index in [0.717, 1.165) is 5.69 Å². The molecule has 1 amide bonds. The summed E-state index contributed by atoms with van der Waals surface area (Å²) >= 11 is 3.43. The predicted molar refractivity (Wildman–Crippen MR) is 82.2 cm³/mol. The largest absolute Gasteiger partial charge is 0.300 e. The molecule has 8 heteroatoms. The van der Waals surface area contributed by atoms with Crippen molar-refractivity contribution in [3.8, 4) is 0 Å². The lowest BCUT2D eigenvalue weighted by Crippen LogP contribution is -2.19. The Labute approximate surface area is 128 Å². The van der Waals surface area contributed by atoms with E-state index in [1.165, 1.54) is 22.3 Å². The maximum atomic E-state index is 11.8. The SMILES string of the molecule is CC(C)(C)c1csc(NC(=O)Cn2cnc(I)n2)n1. The quantitative estimate of drug-likeness (QED) is 0.815. The molecule has 2 heterocycles. The number of rotatable bonds is 3. The second kappa shape index (κ2) is 5.53. The molecule has 0 unspecified atom stereocenters. The third kappa shape index (κ3) is 3.96. The van der Waals surface area contributed by atoms with Gasteiger partial charge in [0.15, 0.2) is 5.13 Å². The van der Waals surface area contributed by atoms with Crippen LogP contribution < -0.4 is 5.32 Å². The molecule has 0 radical (unpaired) electrons. The number of hydrogen-bond donors (Lipinski definition) is 1. The minimum absolute atomic E-state index is 0.0124. The van der Waals surface area contributed by atoms with Gasteiger partial charge in [0.2, 0.25) is 9.74 Å². The van der Waals surface area contributed by atoms with Crippen molar-refractivity contribution in [3.63, 3.8) is 0 Å². The predicted octanol–water partition coefficient (Wildman–Crippen LogP) is 2.28. The first-order valence-electron chi connectivity index (χ1n) is 5.65. The molecule has 0 spiro atoms. The van der Waals surface area contributed by atoms with Gasteiger partial charge >= 0.3 is 0 Å². The van der Waals surface area contributed by atoms with Crippen molar-refractivity contribution in [2.45, 2.75) is 32.7 Å². The van der Waals surface area contributed by atoms with E-state index in [4.69, 9.17) is 0 Å². The fraction of sp³-hybridized carbons (Fsp3) is 0.455. The Balaban J connectivity index is 1.97. The van der Waals surface area contributed by atoms with Crippen LogP contribution in [0.25, 0.3) is 0 Å². The van der Waals surface area contributed by atoms with Crippen molar-refractivity contribution < 1.29 is 4.79 Å². The summed E-state index contributed by atoms with van der Waals surface area (Å²) in [6.45, 7) is 6.40. The summed E-state index contributed by atoms with van der Waals surface area (Å²) in [4.78, 5) is 20.2. The van der Waals surface area contributed by atoms with Crippen LogP contribution in [0.5, 0.6) is 0 Å². The zero-order valence-corrected chi connectivity index (χ0v) is 13.8. The fourth-order valence-electron chi connectivity index (χ4n) is 1.33. The number of carbonyl (C=O) groups excluding carboxylic acids is 1. The molecule has 102 valence electrons. The third-order valence-corrected chi connectivity index (χ3v) is 3.59. The van der Waals surface area contributed by atoms with Gasteiger partial charge < -0.3 is 5.32 Å². The Morgan fingerprint density at radius 3 is 2.79 bits per heavy atom. The van der Waals surface area contributed by atoms with E-state index in [1.54, 1.807) is 0 Å². The molecule has 0 aliphatic carbocycles. The van der Waals surface area contributed by atoms with Gasteiger partial charge in [-0.3, -0.25) is 4.79 Å². The standard InChI is InChI=1S/C11H14IN5OS/c1-11(2,3)7-5-19-10(14-7)15-8(18)4-17-6-13-9(12)16-17/h5-6H,4H2,1-3H3,(H,14,15,18). The van der Waals surface area contributed by atoms with Gasteiger partial charge in [-0.25, -0.2) is 14.6 Å². The van der Waals surface area contributed by atoms with Crippen LogP contribution >= 0.6 is 33.9 Å². The molecule has 0 aliphatic rings. The zero-order valence-electron chi connectivity index (χ0n) is 10.8. The van der Waals surface area contributed by atoms with E-state index in [0.29, 0.717) is 8.96 Å². The van der Waals surface area contributed by atoms with Gasteiger partial charge in [0.05, 0.1) is 5.69 Å². The summed E-state index contributed by atoms with van der Waals surface area (Å²) in [5.74, 6) is -0.156. The summed E-state index contributed by atoms with van der Waals surface area (Å²) < 4.78 is 2.12. The lowest BCUT2D eigenvalue weighted by molar-refractivity contribution is -0.116. The molecule has 2 aromatic heterocycles. The Morgan fingerprint density at radius 2 is 2.26 bits per heavy atom. The number of nitrogens with zero attached hydrogens (tertiary/aromatic N) is 4. The fourth-order valence-corrected chi connectivity index (χ4v) is 2.68. The second-order valence-electron chi connectivity index (χ2n) is 5.05. The van der Waals surface area contributed by atoms with Crippen LogP contribution in [-0.2, 0) is 16.8 Å². The lowest BCUT2D eigenvalue weighted by Gasteiger charge is -2.14. The first-order chi connectivity index (χ1) is 8.84. The van der Waals surface area contributed by atoms with Gasteiger partial charge in [-0.15, -0.1) is 16.4 Å². The summed E-state index contributed by atoms with van der Waals surface area (Å²) in [6, 6.07) is 0. The molecule has 19 heavy (non-hydrogen) atoms. The topological polar surface area (TPSA) is 72.7 Å². The van der Waals surface area contributed by atoms with Crippen molar-refractivity contribution in [2.24, 2.45) is 0 Å². The molecule has 0 fully saturated rings. The van der Waals surface area contributed by atoms with Gasteiger partial charge in [0.25, 0.3) is 0 Å². The van der Waals surface area contributed by atoms with Crippen molar-refractivity contribution in [2.75, 3.05) is 5.32 Å². The molecule has 6 nitrogen and oxygen atoms in total. The molecule has 1 N–H and O–H groups in total. The van der Waals surface area contributed by atoms with Gasteiger partial charge in [0.1, 0.15) is 12.9 Å². The Hall–Kier alpha value is -1.03. The van der Waals surface area contributed by atoms with Crippen LogP contribution in [-0.4, -0.2) is 25.7 Å². The van der Waals surface area contributed by atoms with Crippen molar-refractivity contribution >= 4 is 45.0 Å². The smallest absolute Gasteiger partial charge is 0.247 e. The van der Waals surface area contributed by atoms with Crippen LogP contribution in [0.15, 0.2) is 11.7 Å². The first-order valence-corrected chi connectivity index (χ1v) is 7.61. The number of anilines is 1. The minimum atomic E-state index is -0.156. The van der Waals surface area contributed by atoms with E-state index in [-0.39, 0.29) is 17.9 Å². The highest BCUT2D eigenvalue weighted by molar-refractivity contribution is 14.1. The van der Waals surface area contributed by atoms with Crippen LogP contribution in [0.2, 0.25) is 0 Å². The van der Waals surface area contributed by atoms with Crippen LogP contribution in [0.3, 0.4) is 0 Å². The molecule has 0 aliphatic heterocycles. The average Bonchev–Trinajstić information content (AvgIpc) is 2.87. The number of amides is 1. The number of aromatic nitrogens is 4. The summed E-state index contributed by atoms with van der Waals surface area (Å²) in [7, 11) is 0. The number of halogens is 1. The molecule has 0 saturated carbocycles. The minimum Gasteiger partial charge on any atom is -0.300 e. The van der Waals surface area contributed by atoms with Gasteiger partial charge in [-0.2, -0.15) is 0 Å². The highest BCUT2D eigenvalue weighted by Crippen LogP contribution is 2.26. The van der Waals surface area contributed by atoms with Crippen LogP contribution in [0, 0.1) is 3.83 Å². The van der Waals surface area contributed by atoms with Gasteiger partial charge in [-0.1, -0.05) is 20.8 Å². The average molecular weight is 391 g/mol. The molecule has 0 saturated heterocycles. The second-order valence-corrected chi connectivity index (χ2v) is 6.87. The first kappa shape index (κ1) is 14.4. The van der Waals surface area contributed by atoms with E-state index < -0.39 is 0 Å². The zero-order chi connectivity index (χ0) is 14.0. The Bertz CT molecular complexity index is 586. The Morgan fingerprint density at radius 1 is 1.53 bits per heavy atom. The third-order valence-electron chi connectivity index (χ3n) is 2.33. The summed E-state index contributed by atoms with van der Waals surface area (Å²) in [5, 5.41) is 9.40. The van der Waals surface area contributed by atoms with Crippen LogP contribution in [0.1, 0.15) is 26.5 Å². The number of nitrogens with one attached hydrogen (secondary N) is 1. The summed E-state index contributed by atoms with van der Waals surface area (Å²) in [6.07, 6.45) is 1.53. The van der Waals surface area contributed by atoms with Crippen molar-refractivity contribution in [3.05, 3.63) is 21.2 Å². The Kier molecular flexibility index (Phi) is 4.19. The number of hydrogen-bond acceptors (Lipinski definition) is 5. The lowest BCUT2D eigenvalue weighted by atomic mass is 9.93. The normalized spacial score (nSPS) is 11.6. The van der Waals surface area contributed by atoms with E-state index >= 15 is 0 Å². The molecule has 0 aromatic carbocycles. The molecular weight excluding hydrogens is 377 g/mol. The molecule has 2 rings (SSSR count). The van der Waals surface area contributed by atoms with Crippen LogP contribution in [0.4, 0.5) is 5.13 Å². The van der Waals surface area contributed by atoms with E-state index in [9.17, 15) is 4.79 Å². The maximum Gasteiger partial charge on any atom is 0.247 e. The van der Waals surface area contributed by atoms with Gasteiger partial charge in [-0.05, 0) is 0 Å². The molecule has 0 bridgehead atoms. The van der Waals surface area contributed by atoms with E-state index in [1.807, 2.05) is 28.0 Å². The van der Waals surface area contributed by atoms with Gasteiger partial charge in [0, 0.05) is 33.4 Å². The maximum absolute atomic E-state index is 11.8. The highest BCUT2D eigenvalue weighted by atomic mass is 127. The molecule has 2 aromatic rings. The van der Waals surface area contributed by atoms with E-state index in [2.05, 4.69) is 41.2 Å². The van der Waals surface area contributed by atoms with Crippen molar-refractivity contribution in [1.82, 2.24) is 19.7 Å². The molecular formula is C11H14IN5OS. The number of thiazole rings is 1. The number of carbonyl (C=O) groups is 1. The monoisotopic (exact) mass is 391 g/mol. The summed E-state index contributed by atoms with van der Waals surface area (Å²) in [5.41, 5.74) is 0.963. The van der Waals surface area contributed by atoms with Crippen molar-refractivity contribution in [1.29, 1.82) is 0 Å². The molecule has 0 atom stereocenters.